The number of rotatable bonds is 4. The molecule has 0 radical (unpaired) electrons. The van der Waals surface area contributed by atoms with Crippen molar-refractivity contribution in [2.24, 2.45) is 5.92 Å². The van der Waals surface area contributed by atoms with Crippen LogP contribution in [-0.2, 0) is 11.2 Å². The van der Waals surface area contributed by atoms with E-state index in [1.54, 1.807) is 11.3 Å². The standard InChI is InChI=1S/C14H21N3O3S/c1-9-4-3-7-17(12(9)13(18)19)14(20)15-6-5-11-16-10(2)8-21-11/h8-9,12H,3-7H2,1-2H3,(H,15,20)(H,18,19). The fraction of sp³-hybridized carbons (Fsp3) is 0.643. The molecule has 1 saturated heterocycles. The SMILES string of the molecule is Cc1csc(CCNC(=O)N2CCCC(C)C2C(=O)O)n1. The first kappa shape index (κ1) is 15.8. The van der Waals surface area contributed by atoms with Gasteiger partial charge in [0.25, 0.3) is 0 Å². The van der Waals surface area contributed by atoms with Crippen molar-refractivity contribution in [1.29, 1.82) is 0 Å². The van der Waals surface area contributed by atoms with Crippen molar-refractivity contribution >= 4 is 23.3 Å². The Morgan fingerprint density at radius 3 is 2.95 bits per heavy atom. The summed E-state index contributed by atoms with van der Waals surface area (Å²) in [6.07, 6.45) is 2.37. The molecule has 2 rings (SSSR count). The molecule has 1 aliphatic heterocycles. The average molecular weight is 311 g/mol. The summed E-state index contributed by atoms with van der Waals surface area (Å²) >= 11 is 1.57. The summed E-state index contributed by atoms with van der Waals surface area (Å²) < 4.78 is 0. The van der Waals surface area contributed by atoms with Gasteiger partial charge in [-0.3, -0.25) is 0 Å². The second-order valence-electron chi connectivity index (χ2n) is 5.46. The minimum absolute atomic E-state index is 0.0105. The average Bonchev–Trinajstić information content (AvgIpc) is 2.83. The van der Waals surface area contributed by atoms with Crippen molar-refractivity contribution in [1.82, 2.24) is 15.2 Å². The lowest BCUT2D eigenvalue weighted by atomic mass is 9.91. The molecule has 1 aromatic heterocycles. The van der Waals surface area contributed by atoms with E-state index in [9.17, 15) is 14.7 Å². The molecule has 7 heteroatoms. The summed E-state index contributed by atoms with van der Waals surface area (Å²) in [4.78, 5) is 29.3. The molecule has 2 heterocycles. The summed E-state index contributed by atoms with van der Waals surface area (Å²) in [5.74, 6) is -0.934. The zero-order valence-corrected chi connectivity index (χ0v) is 13.2. The van der Waals surface area contributed by atoms with E-state index >= 15 is 0 Å². The number of carbonyl (C=O) groups is 2. The molecule has 2 amide bonds. The highest BCUT2D eigenvalue weighted by Gasteiger charge is 2.36. The number of carbonyl (C=O) groups excluding carboxylic acids is 1. The fourth-order valence-corrected chi connectivity index (χ4v) is 3.46. The molecule has 0 aliphatic carbocycles. The minimum Gasteiger partial charge on any atom is -0.480 e. The van der Waals surface area contributed by atoms with Crippen LogP contribution in [0.2, 0.25) is 0 Å². The third kappa shape index (κ3) is 3.93. The Kier molecular flexibility index (Phi) is 5.17. The molecule has 0 saturated carbocycles. The fourth-order valence-electron chi connectivity index (χ4n) is 2.69. The molecule has 1 aromatic rings. The number of aromatic nitrogens is 1. The summed E-state index contributed by atoms with van der Waals surface area (Å²) in [5, 5.41) is 15.1. The van der Waals surface area contributed by atoms with Crippen molar-refractivity contribution in [2.75, 3.05) is 13.1 Å². The zero-order valence-electron chi connectivity index (χ0n) is 12.3. The van der Waals surface area contributed by atoms with Crippen LogP contribution in [0.25, 0.3) is 0 Å². The van der Waals surface area contributed by atoms with Gasteiger partial charge >= 0.3 is 12.0 Å². The third-order valence-electron chi connectivity index (χ3n) is 3.73. The largest absolute Gasteiger partial charge is 0.480 e. The van der Waals surface area contributed by atoms with Crippen LogP contribution in [0.4, 0.5) is 4.79 Å². The molecule has 0 spiro atoms. The second-order valence-corrected chi connectivity index (χ2v) is 6.40. The number of aliphatic carboxylic acids is 1. The van der Waals surface area contributed by atoms with Gasteiger partial charge in [-0.05, 0) is 25.7 Å². The van der Waals surface area contributed by atoms with Crippen LogP contribution >= 0.6 is 11.3 Å². The van der Waals surface area contributed by atoms with E-state index in [0.29, 0.717) is 19.5 Å². The number of urea groups is 1. The highest BCUT2D eigenvalue weighted by molar-refractivity contribution is 7.09. The van der Waals surface area contributed by atoms with Crippen LogP contribution in [-0.4, -0.2) is 46.1 Å². The first-order valence-electron chi connectivity index (χ1n) is 7.17. The number of nitrogens with one attached hydrogen (secondary N) is 1. The number of nitrogens with zero attached hydrogens (tertiary/aromatic N) is 2. The number of carboxylic acids is 1. The highest BCUT2D eigenvalue weighted by atomic mass is 32.1. The number of likely N-dealkylation sites (tertiary alicyclic amines) is 1. The van der Waals surface area contributed by atoms with Gasteiger partial charge in [0.1, 0.15) is 6.04 Å². The van der Waals surface area contributed by atoms with Gasteiger partial charge in [0.2, 0.25) is 0 Å². The van der Waals surface area contributed by atoms with Gasteiger partial charge in [-0.1, -0.05) is 6.92 Å². The molecule has 0 bridgehead atoms. The molecule has 2 unspecified atom stereocenters. The molecule has 6 nitrogen and oxygen atoms in total. The van der Waals surface area contributed by atoms with Crippen molar-refractivity contribution in [3.63, 3.8) is 0 Å². The first-order valence-corrected chi connectivity index (χ1v) is 8.05. The van der Waals surface area contributed by atoms with Gasteiger partial charge in [0, 0.05) is 30.6 Å². The first-order chi connectivity index (χ1) is 9.99. The summed E-state index contributed by atoms with van der Waals surface area (Å²) in [5.41, 5.74) is 0.983. The van der Waals surface area contributed by atoms with Crippen LogP contribution in [0, 0.1) is 12.8 Å². The molecule has 1 fully saturated rings. The van der Waals surface area contributed by atoms with Crippen molar-refractivity contribution in [3.8, 4) is 0 Å². The normalized spacial score (nSPS) is 22.1. The molecular formula is C14H21N3O3S. The number of carboxylic acid groups (broad SMARTS) is 1. The smallest absolute Gasteiger partial charge is 0.326 e. The lowest BCUT2D eigenvalue weighted by Crippen LogP contribution is -2.55. The topological polar surface area (TPSA) is 82.5 Å². The van der Waals surface area contributed by atoms with E-state index in [-0.39, 0.29) is 11.9 Å². The molecular weight excluding hydrogens is 290 g/mol. The Morgan fingerprint density at radius 2 is 2.33 bits per heavy atom. The number of aryl methyl sites for hydroxylation is 1. The summed E-state index contributed by atoms with van der Waals surface area (Å²) in [6, 6.07) is -1.01. The van der Waals surface area contributed by atoms with Crippen LogP contribution in [0.1, 0.15) is 30.5 Å². The van der Waals surface area contributed by atoms with Crippen molar-refractivity contribution in [3.05, 3.63) is 16.1 Å². The minimum atomic E-state index is -0.923. The Hall–Kier alpha value is -1.63. The molecule has 116 valence electrons. The number of amides is 2. The van der Waals surface area contributed by atoms with Crippen molar-refractivity contribution < 1.29 is 14.7 Å². The zero-order chi connectivity index (χ0) is 15.4. The number of hydrogen-bond acceptors (Lipinski definition) is 4. The Balaban J connectivity index is 1.87. The van der Waals surface area contributed by atoms with Crippen LogP contribution < -0.4 is 5.32 Å². The Morgan fingerprint density at radius 1 is 1.57 bits per heavy atom. The van der Waals surface area contributed by atoms with Gasteiger partial charge in [-0.2, -0.15) is 0 Å². The van der Waals surface area contributed by atoms with Gasteiger partial charge in [-0.25, -0.2) is 14.6 Å². The van der Waals surface area contributed by atoms with Crippen LogP contribution in [0.3, 0.4) is 0 Å². The van der Waals surface area contributed by atoms with E-state index in [4.69, 9.17) is 0 Å². The maximum atomic E-state index is 12.2. The molecule has 1 aliphatic rings. The summed E-state index contributed by atoms with van der Waals surface area (Å²) in [7, 11) is 0. The molecule has 2 atom stereocenters. The predicted molar refractivity (Wildman–Crippen MR) is 80.5 cm³/mol. The second kappa shape index (κ2) is 6.89. The monoisotopic (exact) mass is 311 g/mol. The maximum Gasteiger partial charge on any atom is 0.326 e. The lowest BCUT2D eigenvalue weighted by Gasteiger charge is -2.37. The quantitative estimate of drug-likeness (QED) is 0.889. The highest BCUT2D eigenvalue weighted by Crippen LogP contribution is 2.23. The number of piperidine rings is 1. The van der Waals surface area contributed by atoms with Crippen molar-refractivity contribution in [2.45, 2.75) is 39.2 Å². The molecule has 21 heavy (non-hydrogen) atoms. The molecule has 0 aromatic carbocycles. The van der Waals surface area contributed by atoms with Crippen LogP contribution in [0.5, 0.6) is 0 Å². The Bertz CT molecular complexity index is 517. The lowest BCUT2D eigenvalue weighted by molar-refractivity contribution is -0.145. The molecule has 2 N–H and O–H groups in total. The summed E-state index contributed by atoms with van der Waals surface area (Å²) in [6.45, 7) is 4.80. The van der Waals surface area contributed by atoms with Gasteiger partial charge in [0.05, 0.1) is 5.01 Å². The van der Waals surface area contributed by atoms with E-state index in [1.165, 1.54) is 4.90 Å². The van der Waals surface area contributed by atoms with E-state index < -0.39 is 12.0 Å². The van der Waals surface area contributed by atoms with Gasteiger partial charge in [0.15, 0.2) is 0 Å². The third-order valence-corrected chi connectivity index (χ3v) is 4.76. The van der Waals surface area contributed by atoms with Gasteiger partial charge in [-0.15, -0.1) is 11.3 Å². The number of hydrogen-bond donors (Lipinski definition) is 2. The van der Waals surface area contributed by atoms with Crippen LogP contribution in [0.15, 0.2) is 5.38 Å². The maximum absolute atomic E-state index is 12.2. The number of thiazole rings is 1. The van der Waals surface area contributed by atoms with E-state index in [1.807, 2.05) is 19.2 Å². The van der Waals surface area contributed by atoms with E-state index in [0.717, 1.165) is 23.5 Å². The Labute approximate surface area is 128 Å². The van der Waals surface area contributed by atoms with E-state index in [2.05, 4.69) is 10.3 Å². The predicted octanol–water partition coefficient (Wildman–Crippen LogP) is 1.89. The van der Waals surface area contributed by atoms with Gasteiger partial charge < -0.3 is 15.3 Å².